The van der Waals surface area contributed by atoms with Crippen LogP contribution in [0.25, 0.3) is 5.57 Å². The summed E-state index contributed by atoms with van der Waals surface area (Å²) in [5.74, 6) is 6.89. The number of nitrogens with zero attached hydrogens (tertiary/aromatic N) is 2. The van der Waals surface area contributed by atoms with Crippen LogP contribution in [-0.2, 0) is 0 Å². The number of hydrazone groups is 1. The molecule has 0 radical (unpaired) electrons. The quantitative estimate of drug-likeness (QED) is 0.336. The Morgan fingerprint density at radius 1 is 1.11 bits per heavy atom. The molecular weight excluding hydrogens is 338 g/mol. The van der Waals surface area contributed by atoms with Crippen LogP contribution in [-0.4, -0.2) is 36.7 Å². The summed E-state index contributed by atoms with van der Waals surface area (Å²) in [6, 6.07) is 16.4. The Morgan fingerprint density at radius 2 is 1.81 bits per heavy atom. The van der Waals surface area contributed by atoms with E-state index in [9.17, 15) is 0 Å². The first-order chi connectivity index (χ1) is 13.1. The lowest BCUT2D eigenvalue weighted by Gasteiger charge is -2.40. The fraction of sp³-hybridized carbons (Fsp3) is 0.286. The van der Waals surface area contributed by atoms with Crippen molar-refractivity contribution in [3.05, 3.63) is 71.3 Å². The van der Waals surface area contributed by atoms with Crippen molar-refractivity contribution in [3.63, 3.8) is 0 Å². The Bertz CT molecular complexity index is 880. The van der Waals surface area contributed by atoms with E-state index in [1.54, 1.807) is 7.05 Å². The number of hydrogen-bond acceptors (Lipinski definition) is 5. The summed E-state index contributed by atoms with van der Waals surface area (Å²) in [6.07, 6.45) is 4.23. The van der Waals surface area contributed by atoms with Crippen molar-refractivity contribution in [2.75, 3.05) is 20.1 Å². The van der Waals surface area contributed by atoms with Crippen LogP contribution in [0.3, 0.4) is 0 Å². The molecule has 1 fully saturated rings. The minimum absolute atomic E-state index is 0.240. The van der Waals surface area contributed by atoms with Gasteiger partial charge in [0.2, 0.25) is 0 Å². The fourth-order valence-corrected chi connectivity index (χ4v) is 3.75. The average molecular weight is 363 g/mol. The molecule has 1 saturated heterocycles. The van der Waals surface area contributed by atoms with Crippen LogP contribution >= 0.6 is 0 Å². The first kappa shape index (κ1) is 17.6. The van der Waals surface area contributed by atoms with Gasteiger partial charge in [-0.25, -0.2) is 11.0 Å². The van der Waals surface area contributed by atoms with E-state index < -0.39 is 0 Å². The largest absolute Gasteiger partial charge is 0.482 e. The van der Waals surface area contributed by atoms with Crippen molar-refractivity contribution in [2.45, 2.75) is 18.4 Å². The van der Waals surface area contributed by atoms with Crippen molar-refractivity contribution in [1.82, 2.24) is 10.4 Å². The van der Waals surface area contributed by atoms with Gasteiger partial charge in [-0.3, -0.25) is 0 Å². The lowest BCUT2D eigenvalue weighted by molar-refractivity contribution is 0.0817. The third-order valence-corrected chi connectivity index (χ3v) is 5.10. The lowest BCUT2D eigenvalue weighted by Crippen LogP contribution is -2.46. The number of hydrazine groups is 1. The molecule has 2 aliphatic rings. The third kappa shape index (κ3) is 3.54. The smallest absolute Gasteiger partial charge is 0.152 e. The number of hydrogen-bond donors (Lipinski definition) is 3. The van der Waals surface area contributed by atoms with Crippen molar-refractivity contribution >= 4 is 11.4 Å². The van der Waals surface area contributed by atoms with Crippen LogP contribution in [0.2, 0.25) is 0 Å². The molecule has 0 aliphatic carbocycles. The molecule has 0 bridgehead atoms. The molecule has 4 rings (SSSR count). The minimum atomic E-state index is -0.240. The second-order valence-electron chi connectivity index (χ2n) is 7.11. The highest BCUT2D eigenvalue weighted by molar-refractivity contribution is 5.97. The highest BCUT2D eigenvalue weighted by Gasteiger charge is 2.36. The molecule has 0 saturated carbocycles. The van der Waals surface area contributed by atoms with E-state index in [1.807, 2.05) is 24.3 Å². The van der Waals surface area contributed by atoms with E-state index in [1.165, 1.54) is 10.7 Å². The van der Waals surface area contributed by atoms with Crippen LogP contribution in [0, 0.1) is 0 Å². The van der Waals surface area contributed by atoms with E-state index in [4.69, 9.17) is 16.3 Å². The highest BCUT2D eigenvalue weighted by atomic mass is 16.5. The second-order valence-corrected chi connectivity index (χ2v) is 7.11. The van der Waals surface area contributed by atoms with Crippen molar-refractivity contribution in [3.8, 4) is 5.75 Å². The number of amidine groups is 1. The van der Waals surface area contributed by atoms with E-state index in [0.29, 0.717) is 5.84 Å². The number of nitrogens with one attached hydrogen (secondary N) is 1. The lowest BCUT2D eigenvalue weighted by atomic mass is 9.83. The van der Waals surface area contributed by atoms with Gasteiger partial charge in [0.1, 0.15) is 11.4 Å². The molecule has 6 nitrogen and oxygen atoms in total. The predicted octanol–water partition coefficient (Wildman–Crippen LogP) is 2.06. The number of piperidine rings is 1. The standard InChI is InChI=1S/C21H25N5O/c1-26(23)25-20(22)16-8-6-15(7-9-16)18-14-21(10-12-24-13-11-21)27-19-5-3-2-4-17(18)19/h2-9,14,24H,10-13,23H2,1H3,(H2,22,25). The number of para-hydroxylation sites is 1. The SMILES string of the molecule is CN(N)/N=C(\N)c1ccc(C2=CC3(CCNCC3)Oc3ccccc32)cc1. The molecule has 0 atom stereocenters. The van der Waals surface area contributed by atoms with Crippen LogP contribution in [0.15, 0.2) is 59.7 Å². The van der Waals surface area contributed by atoms with Gasteiger partial charge in [0.25, 0.3) is 0 Å². The maximum absolute atomic E-state index is 6.44. The number of benzene rings is 2. The molecule has 27 heavy (non-hydrogen) atoms. The zero-order valence-electron chi connectivity index (χ0n) is 15.5. The number of nitrogens with two attached hydrogens (primary N) is 2. The summed E-state index contributed by atoms with van der Waals surface area (Å²) in [5.41, 5.74) is 10.1. The van der Waals surface area contributed by atoms with Crippen LogP contribution < -0.4 is 21.6 Å². The Labute approximate surface area is 159 Å². The van der Waals surface area contributed by atoms with E-state index in [2.05, 4.69) is 40.8 Å². The summed E-state index contributed by atoms with van der Waals surface area (Å²) >= 11 is 0. The van der Waals surface area contributed by atoms with Crippen LogP contribution in [0.5, 0.6) is 5.75 Å². The number of rotatable bonds is 3. The Hall–Kier alpha value is -2.83. The molecule has 2 aliphatic heterocycles. The van der Waals surface area contributed by atoms with Gasteiger partial charge in [-0.1, -0.05) is 42.5 Å². The normalized spacial score (nSPS) is 18.4. The minimum Gasteiger partial charge on any atom is -0.482 e. The van der Waals surface area contributed by atoms with Gasteiger partial charge in [0, 0.05) is 31.0 Å². The van der Waals surface area contributed by atoms with Gasteiger partial charge < -0.3 is 15.8 Å². The van der Waals surface area contributed by atoms with Crippen LogP contribution in [0.4, 0.5) is 0 Å². The zero-order valence-corrected chi connectivity index (χ0v) is 15.5. The first-order valence-electron chi connectivity index (χ1n) is 9.22. The van der Waals surface area contributed by atoms with Gasteiger partial charge in [-0.2, -0.15) is 0 Å². The van der Waals surface area contributed by atoms with Gasteiger partial charge >= 0.3 is 0 Å². The summed E-state index contributed by atoms with van der Waals surface area (Å²) in [6.45, 7) is 1.93. The van der Waals surface area contributed by atoms with Gasteiger partial charge in [-0.15, -0.1) is 5.10 Å². The molecule has 0 amide bonds. The Morgan fingerprint density at radius 3 is 2.52 bits per heavy atom. The summed E-state index contributed by atoms with van der Waals surface area (Å²) in [5, 5.41) is 8.69. The predicted molar refractivity (Wildman–Crippen MR) is 108 cm³/mol. The fourth-order valence-electron chi connectivity index (χ4n) is 3.75. The molecule has 140 valence electrons. The topological polar surface area (TPSA) is 88.9 Å². The van der Waals surface area contributed by atoms with E-state index >= 15 is 0 Å². The van der Waals surface area contributed by atoms with E-state index in [-0.39, 0.29) is 5.60 Å². The third-order valence-electron chi connectivity index (χ3n) is 5.10. The maximum atomic E-state index is 6.44. The van der Waals surface area contributed by atoms with Crippen molar-refractivity contribution in [2.24, 2.45) is 16.7 Å². The van der Waals surface area contributed by atoms with Crippen LogP contribution in [0.1, 0.15) is 29.5 Å². The Balaban J connectivity index is 1.74. The van der Waals surface area contributed by atoms with Gasteiger partial charge in [-0.05, 0) is 36.4 Å². The summed E-state index contributed by atoms with van der Waals surface area (Å²) in [4.78, 5) is 0. The maximum Gasteiger partial charge on any atom is 0.152 e. The van der Waals surface area contributed by atoms with Crippen molar-refractivity contribution in [1.29, 1.82) is 0 Å². The molecule has 0 aromatic heterocycles. The number of fused-ring (bicyclic) bond motifs is 1. The molecule has 2 aromatic rings. The molecule has 1 spiro atoms. The summed E-state index contributed by atoms with van der Waals surface area (Å²) in [7, 11) is 1.64. The summed E-state index contributed by atoms with van der Waals surface area (Å²) < 4.78 is 6.44. The highest BCUT2D eigenvalue weighted by Crippen LogP contribution is 2.42. The molecule has 5 N–H and O–H groups in total. The van der Waals surface area contributed by atoms with Gasteiger partial charge in [0.15, 0.2) is 5.84 Å². The molecule has 6 heteroatoms. The molecular formula is C21H25N5O. The zero-order chi connectivity index (χ0) is 18.9. The average Bonchev–Trinajstić information content (AvgIpc) is 2.67. The molecule has 0 unspecified atom stereocenters. The molecule has 2 aromatic carbocycles. The monoisotopic (exact) mass is 363 g/mol. The molecule has 2 heterocycles. The van der Waals surface area contributed by atoms with Gasteiger partial charge in [0.05, 0.1) is 0 Å². The second kappa shape index (κ2) is 7.06. The number of ether oxygens (including phenoxy) is 1. The Kier molecular flexibility index (Phi) is 4.59. The van der Waals surface area contributed by atoms with Crippen molar-refractivity contribution < 1.29 is 4.74 Å². The van der Waals surface area contributed by atoms with E-state index in [0.717, 1.165) is 48.4 Å². The first-order valence-corrected chi connectivity index (χ1v) is 9.22.